The average molecular weight is 433 g/mol. The van der Waals surface area contributed by atoms with Crippen molar-refractivity contribution in [3.05, 3.63) is 53.0 Å². The molecule has 0 aliphatic carbocycles. The van der Waals surface area contributed by atoms with E-state index in [0.717, 1.165) is 4.47 Å². The maximum Gasteiger partial charge on any atom is 0.261 e. The van der Waals surface area contributed by atoms with Gasteiger partial charge in [-0.1, -0.05) is 15.9 Å². The lowest BCUT2D eigenvalue weighted by Gasteiger charge is -2.11. The van der Waals surface area contributed by atoms with Crippen molar-refractivity contribution < 1.29 is 16.8 Å². The van der Waals surface area contributed by atoms with Crippen LogP contribution in [0.2, 0.25) is 0 Å². The van der Waals surface area contributed by atoms with Crippen LogP contribution in [0.4, 0.5) is 5.69 Å². The van der Waals surface area contributed by atoms with Gasteiger partial charge in [0.2, 0.25) is 10.0 Å². The zero-order valence-corrected chi connectivity index (χ0v) is 16.2. The molecule has 0 aliphatic heterocycles. The van der Waals surface area contributed by atoms with Crippen molar-refractivity contribution in [1.29, 1.82) is 0 Å². The number of anilines is 1. The summed E-state index contributed by atoms with van der Waals surface area (Å²) in [5.41, 5.74) is 0.279. The van der Waals surface area contributed by atoms with Gasteiger partial charge in [0.1, 0.15) is 0 Å². The van der Waals surface area contributed by atoms with Crippen LogP contribution in [0, 0.1) is 0 Å². The van der Waals surface area contributed by atoms with Gasteiger partial charge in [-0.25, -0.2) is 21.6 Å². The van der Waals surface area contributed by atoms with Gasteiger partial charge in [-0.3, -0.25) is 4.72 Å². The smallest absolute Gasteiger partial charge is 0.261 e. The summed E-state index contributed by atoms with van der Waals surface area (Å²) in [6.07, 6.45) is 0. The summed E-state index contributed by atoms with van der Waals surface area (Å²) in [5.74, 6) is 0. The predicted octanol–water partition coefficient (Wildman–Crippen LogP) is 2.94. The van der Waals surface area contributed by atoms with E-state index in [1.54, 1.807) is 26.0 Å². The van der Waals surface area contributed by atoms with Gasteiger partial charge in [0.15, 0.2) is 0 Å². The lowest BCUT2D eigenvalue weighted by Crippen LogP contribution is -2.30. The summed E-state index contributed by atoms with van der Waals surface area (Å²) in [4.78, 5) is 0.187. The van der Waals surface area contributed by atoms with E-state index in [4.69, 9.17) is 0 Å². The monoisotopic (exact) mass is 432 g/mol. The summed E-state index contributed by atoms with van der Waals surface area (Å²) in [6.45, 7) is 3.44. The van der Waals surface area contributed by atoms with Gasteiger partial charge in [0.25, 0.3) is 10.0 Å². The average Bonchev–Trinajstić information content (AvgIpc) is 2.46. The van der Waals surface area contributed by atoms with Crippen molar-refractivity contribution in [1.82, 2.24) is 4.72 Å². The molecule has 0 heterocycles. The van der Waals surface area contributed by atoms with Crippen LogP contribution in [0.5, 0.6) is 0 Å². The zero-order chi connectivity index (χ0) is 18.0. The van der Waals surface area contributed by atoms with E-state index in [0.29, 0.717) is 0 Å². The maximum absolute atomic E-state index is 12.3. The number of sulfonamides is 2. The van der Waals surface area contributed by atoms with E-state index in [2.05, 4.69) is 25.4 Å². The van der Waals surface area contributed by atoms with Crippen LogP contribution < -0.4 is 9.44 Å². The molecule has 0 radical (unpaired) electrons. The molecular formula is C15H17BrN2O4S2. The first kappa shape index (κ1) is 18.9. The summed E-state index contributed by atoms with van der Waals surface area (Å²) >= 11 is 3.24. The molecular weight excluding hydrogens is 416 g/mol. The van der Waals surface area contributed by atoms with Crippen molar-refractivity contribution in [3.8, 4) is 0 Å². The fourth-order valence-corrected chi connectivity index (χ4v) is 4.48. The van der Waals surface area contributed by atoms with Crippen LogP contribution in [-0.2, 0) is 20.0 Å². The molecule has 24 heavy (non-hydrogen) atoms. The van der Waals surface area contributed by atoms with Crippen LogP contribution >= 0.6 is 15.9 Å². The number of benzene rings is 2. The highest BCUT2D eigenvalue weighted by atomic mass is 79.9. The van der Waals surface area contributed by atoms with E-state index >= 15 is 0 Å². The molecule has 0 unspecified atom stereocenters. The Hall–Kier alpha value is -1.42. The number of hydrogen-bond acceptors (Lipinski definition) is 4. The third-order valence-corrected chi connectivity index (χ3v) is 6.53. The van der Waals surface area contributed by atoms with Crippen molar-refractivity contribution in [2.75, 3.05) is 4.72 Å². The summed E-state index contributed by atoms with van der Waals surface area (Å²) in [5, 5.41) is 0. The first-order valence-electron chi connectivity index (χ1n) is 7.01. The maximum atomic E-state index is 12.3. The number of nitrogens with one attached hydrogen (secondary N) is 2. The molecule has 0 amide bonds. The van der Waals surface area contributed by atoms with E-state index in [-0.39, 0.29) is 21.5 Å². The quantitative estimate of drug-likeness (QED) is 0.733. The molecule has 0 spiro atoms. The van der Waals surface area contributed by atoms with Gasteiger partial charge >= 0.3 is 0 Å². The summed E-state index contributed by atoms with van der Waals surface area (Å²) in [7, 11) is -7.34. The molecule has 0 fully saturated rings. The van der Waals surface area contributed by atoms with Gasteiger partial charge in [-0.15, -0.1) is 0 Å². The fourth-order valence-electron chi connectivity index (χ4n) is 1.91. The lowest BCUT2D eigenvalue weighted by molar-refractivity contribution is 0.570. The van der Waals surface area contributed by atoms with Gasteiger partial charge in [-0.2, -0.15) is 0 Å². The SMILES string of the molecule is CC(C)NS(=O)(=O)c1ccc(NS(=O)(=O)c2ccc(Br)cc2)cc1. The molecule has 2 aromatic rings. The van der Waals surface area contributed by atoms with Crippen LogP contribution in [0.3, 0.4) is 0 Å². The second-order valence-electron chi connectivity index (χ2n) is 5.36. The second kappa shape index (κ2) is 7.22. The minimum Gasteiger partial charge on any atom is -0.280 e. The number of halogens is 1. The molecule has 0 aliphatic rings. The van der Waals surface area contributed by atoms with Crippen molar-refractivity contribution in [2.45, 2.75) is 29.7 Å². The van der Waals surface area contributed by atoms with E-state index in [1.807, 2.05) is 0 Å². The van der Waals surface area contributed by atoms with E-state index in [9.17, 15) is 16.8 Å². The van der Waals surface area contributed by atoms with Crippen LogP contribution in [0.25, 0.3) is 0 Å². The molecule has 9 heteroatoms. The van der Waals surface area contributed by atoms with Gasteiger partial charge in [0, 0.05) is 16.2 Å². The summed E-state index contributed by atoms with van der Waals surface area (Å²) < 4.78 is 54.3. The normalized spacial score (nSPS) is 12.3. The van der Waals surface area contributed by atoms with Crippen molar-refractivity contribution in [2.24, 2.45) is 0 Å². The highest BCUT2D eigenvalue weighted by Crippen LogP contribution is 2.20. The van der Waals surface area contributed by atoms with Crippen LogP contribution in [-0.4, -0.2) is 22.9 Å². The highest BCUT2D eigenvalue weighted by molar-refractivity contribution is 9.10. The number of rotatable bonds is 6. The second-order valence-corrected chi connectivity index (χ2v) is 9.67. The van der Waals surface area contributed by atoms with Crippen molar-refractivity contribution >= 4 is 41.7 Å². The molecule has 6 nitrogen and oxygen atoms in total. The van der Waals surface area contributed by atoms with Crippen LogP contribution in [0.15, 0.2) is 62.8 Å². The summed E-state index contributed by atoms with van der Waals surface area (Å²) in [6, 6.07) is 11.5. The highest BCUT2D eigenvalue weighted by Gasteiger charge is 2.17. The standard InChI is InChI=1S/C15H17BrN2O4S2/c1-11(2)17-23(19,20)15-9-5-13(6-10-15)18-24(21,22)14-7-3-12(16)4-8-14/h3-11,17-18H,1-2H3. The molecule has 2 N–H and O–H groups in total. The Morgan fingerprint density at radius 2 is 1.25 bits per heavy atom. The van der Waals surface area contributed by atoms with E-state index < -0.39 is 20.0 Å². The largest absolute Gasteiger partial charge is 0.280 e. The lowest BCUT2D eigenvalue weighted by atomic mass is 10.3. The third-order valence-electron chi connectivity index (χ3n) is 2.93. The van der Waals surface area contributed by atoms with E-state index in [1.165, 1.54) is 36.4 Å². The Kier molecular flexibility index (Phi) is 5.69. The Bertz CT molecular complexity index is 907. The molecule has 0 bridgehead atoms. The Morgan fingerprint density at radius 3 is 1.75 bits per heavy atom. The Labute approximate surface area is 150 Å². The molecule has 130 valence electrons. The van der Waals surface area contributed by atoms with Gasteiger partial charge in [0.05, 0.1) is 9.79 Å². The topological polar surface area (TPSA) is 92.3 Å². The Morgan fingerprint density at radius 1 is 0.792 bits per heavy atom. The van der Waals surface area contributed by atoms with Gasteiger partial charge < -0.3 is 0 Å². The zero-order valence-electron chi connectivity index (χ0n) is 13.0. The molecule has 0 atom stereocenters. The molecule has 2 rings (SSSR count). The molecule has 2 aromatic carbocycles. The minimum absolute atomic E-state index is 0.0720. The minimum atomic E-state index is -3.73. The van der Waals surface area contributed by atoms with Crippen molar-refractivity contribution in [3.63, 3.8) is 0 Å². The third kappa shape index (κ3) is 4.79. The fraction of sp³-hybridized carbons (Fsp3) is 0.200. The Balaban J connectivity index is 2.21. The number of hydrogen-bond donors (Lipinski definition) is 2. The van der Waals surface area contributed by atoms with Gasteiger partial charge in [-0.05, 0) is 62.4 Å². The first-order chi connectivity index (χ1) is 11.1. The van der Waals surface area contributed by atoms with Crippen LogP contribution in [0.1, 0.15) is 13.8 Å². The predicted molar refractivity (Wildman–Crippen MR) is 96.9 cm³/mol. The first-order valence-corrected chi connectivity index (χ1v) is 10.8. The molecule has 0 aromatic heterocycles. The molecule has 0 saturated carbocycles. The molecule has 0 saturated heterocycles.